The summed E-state index contributed by atoms with van der Waals surface area (Å²) in [6.45, 7) is 5.27. The highest BCUT2D eigenvalue weighted by Crippen LogP contribution is 2.32. The Balaban J connectivity index is 2.50. The van der Waals surface area contributed by atoms with E-state index in [9.17, 15) is 0 Å². The molecule has 0 atom stereocenters. The minimum atomic E-state index is 0.140. The van der Waals surface area contributed by atoms with Crippen molar-refractivity contribution in [3.63, 3.8) is 0 Å². The fourth-order valence-electron chi connectivity index (χ4n) is 2.35. The van der Waals surface area contributed by atoms with Gasteiger partial charge in [0.2, 0.25) is 0 Å². The van der Waals surface area contributed by atoms with E-state index < -0.39 is 0 Å². The maximum atomic E-state index is 6.06. The Kier molecular flexibility index (Phi) is 4.20. The number of likely N-dealkylation sites (N-methyl/N-ethyl adjacent to an activating group) is 1. The molecule has 1 saturated carbocycles. The molecule has 2 heteroatoms. The minimum Gasteiger partial charge on any atom is -0.371 e. The molecule has 1 N–H and O–H groups in total. The summed E-state index contributed by atoms with van der Waals surface area (Å²) in [5.41, 5.74) is 0.140. The van der Waals surface area contributed by atoms with Crippen LogP contribution in [0.15, 0.2) is 0 Å². The van der Waals surface area contributed by atoms with Crippen LogP contribution in [0.1, 0.15) is 46.0 Å². The van der Waals surface area contributed by atoms with Crippen molar-refractivity contribution in [3.05, 3.63) is 0 Å². The van der Waals surface area contributed by atoms with Crippen LogP contribution in [0, 0.1) is 0 Å². The van der Waals surface area contributed by atoms with Crippen molar-refractivity contribution >= 4 is 0 Å². The van der Waals surface area contributed by atoms with Gasteiger partial charge in [-0.05, 0) is 33.7 Å². The second-order valence-corrected chi connectivity index (χ2v) is 4.44. The van der Waals surface area contributed by atoms with E-state index in [1.54, 1.807) is 0 Å². The first-order chi connectivity index (χ1) is 6.18. The van der Waals surface area contributed by atoms with E-state index in [-0.39, 0.29) is 5.60 Å². The Labute approximate surface area is 82.0 Å². The molecule has 0 unspecified atom stereocenters. The van der Waals surface area contributed by atoms with Crippen molar-refractivity contribution in [2.45, 2.75) is 57.7 Å². The Morgan fingerprint density at radius 2 is 1.85 bits per heavy atom. The summed E-state index contributed by atoms with van der Waals surface area (Å²) in [5, 5.41) is 3.26. The molecular formula is C11H23NO. The lowest BCUT2D eigenvalue weighted by Crippen LogP contribution is -2.45. The second kappa shape index (κ2) is 4.97. The Morgan fingerprint density at radius 3 is 2.31 bits per heavy atom. The monoisotopic (exact) mass is 185 g/mol. The number of nitrogens with one attached hydrogen (secondary N) is 1. The molecule has 2 nitrogen and oxygen atoms in total. The smallest absolute Gasteiger partial charge is 0.0809 e. The lowest BCUT2D eigenvalue weighted by Gasteiger charge is -2.38. The molecule has 1 aliphatic rings. The molecule has 0 radical (unpaired) electrons. The summed E-state index contributed by atoms with van der Waals surface area (Å²) in [5.74, 6) is 0. The van der Waals surface area contributed by atoms with Crippen LogP contribution in [-0.2, 0) is 4.74 Å². The quantitative estimate of drug-likeness (QED) is 0.726. The maximum absolute atomic E-state index is 6.06. The molecule has 13 heavy (non-hydrogen) atoms. The topological polar surface area (TPSA) is 21.3 Å². The molecule has 0 aromatic rings. The molecule has 1 rings (SSSR count). The van der Waals surface area contributed by atoms with Gasteiger partial charge in [-0.1, -0.05) is 19.3 Å². The standard InChI is InChI=1S/C11H23NO/c1-10(2)13-11(9-12-3)7-5-4-6-8-11/h10,12H,4-9H2,1-3H3. The van der Waals surface area contributed by atoms with Gasteiger partial charge in [-0.25, -0.2) is 0 Å². The lowest BCUT2D eigenvalue weighted by molar-refractivity contribution is -0.0981. The van der Waals surface area contributed by atoms with Gasteiger partial charge >= 0.3 is 0 Å². The van der Waals surface area contributed by atoms with E-state index in [0.717, 1.165) is 6.54 Å². The van der Waals surface area contributed by atoms with Gasteiger partial charge in [0, 0.05) is 6.54 Å². The highest BCUT2D eigenvalue weighted by Gasteiger charge is 2.32. The van der Waals surface area contributed by atoms with Crippen LogP contribution >= 0.6 is 0 Å². The predicted octanol–water partition coefficient (Wildman–Crippen LogP) is 2.33. The number of hydrogen-bond donors (Lipinski definition) is 1. The van der Waals surface area contributed by atoms with Gasteiger partial charge in [-0.3, -0.25) is 0 Å². The number of rotatable bonds is 4. The summed E-state index contributed by atoms with van der Waals surface area (Å²) >= 11 is 0. The predicted molar refractivity (Wildman–Crippen MR) is 56.0 cm³/mol. The summed E-state index contributed by atoms with van der Waals surface area (Å²) in [7, 11) is 2.01. The van der Waals surface area contributed by atoms with Crippen LogP contribution in [0.5, 0.6) is 0 Å². The van der Waals surface area contributed by atoms with Gasteiger partial charge in [-0.2, -0.15) is 0 Å². The van der Waals surface area contributed by atoms with E-state index >= 15 is 0 Å². The highest BCUT2D eigenvalue weighted by atomic mass is 16.5. The highest BCUT2D eigenvalue weighted by molar-refractivity contribution is 4.86. The van der Waals surface area contributed by atoms with Crippen LogP contribution in [-0.4, -0.2) is 25.3 Å². The zero-order chi connectivity index (χ0) is 9.73. The fraction of sp³-hybridized carbons (Fsp3) is 1.00. The fourth-order valence-corrected chi connectivity index (χ4v) is 2.35. The van der Waals surface area contributed by atoms with Gasteiger partial charge in [0.15, 0.2) is 0 Å². The van der Waals surface area contributed by atoms with Crippen LogP contribution in [0.25, 0.3) is 0 Å². The maximum Gasteiger partial charge on any atom is 0.0809 e. The molecule has 1 aliphatic carbocycles. The van der Waals surface area contributed by atoms with Crippen LogP contribution in [0.3, 0.4) is 0 Å². The van der Waals surface area contributed by atoms with E-state index in [0.29, 0.717) is 6.10 Å². The third kappa shape index (κ3) is 3.28. The molecule has 0 aromatic carbocycles. The SMILES string of the molecule is CNCC1(OC(C)C)CCCCC1. The van der Waals surface area contributed by atoms with Crippen molar-refractivity contribution in [1.82, 2.24) is 5.32 Å². The average molecular weight is 185 g/mol. The second-order valence-electron chi connectivity index (χ2n) is 4.44. The first-order valence-electron chi connectivity index (χ1n) is 5.51. The first kappa shape index (κ1) is 11.0. The Bertz CT molecular complexity index is 134. The third-order valence-electron chi connectivity index (χ3n) is 2.75. The van der Waals surface area contributed by atoms with Gasteiger partial charge in [0.1, 0.15) is 0 Å². The molecule has 78 valence electrons. The molecule has 0 heterocycles. The minimum absolute atomic E-state index is 0.140. The Morgan fingerprint density at radius 1 is 1.23 bits per heavy atom. The molecule has 0 spiro atoms. The summed E-state index contributed by atoms with van der Waals surface area (Å²) in [4.78, 5) is 0. The van der Waals surface area contributed by atoms with Crippen LogP contribution in [0.4, 0.5) is 0 Å². The van der Waals surface area contributed by atoms with E-state index in [2.05, 4.69) is 19.2 Å². The van der Waals surface area contributed by atoms with E-state index in [4.69, 9.17) is 4.74 Å². The largest absolute Gasteiger partial charge is 0.371 e. The molecule has 0 saturated heterocycles. The van der Waals surface area contributed by atoms with Crippen molar-refractivity contribution in [2.24, 2.45) is 0 Å². The summed E-state index contributed by atoms with van der Waals surface area (Å²) in [6, 6.07) is 0. The van der Waals surface area contributed by atoms with Crippen molar-refractivity contribution in [3.8, 4) is 0 Å². The van der Waals surface area contributed by atoms with Crippen LogP contribution < -0.4 is 5.32 Å². The first-order valence-corrected chi connectivity index (χ1v) is 5.51. The normalized spacial score (nSPS) is 22.2. The summed E-state index contributed by atoms with van der Waals surface area (Å²) < 4.78 is 6.06. The van der Waals surface area contributed by atoms with Gasteiger partial charge in [0.25, 0.3) is 0 Å². The molecule has 0 amide bonds. The van der Waals surface area contributed by atoms with Crippen molar-refractivity contribution in [2.75, 3.05) is 13.6 Å². The van der Waals surface area contributed by atoms with E-state index in [1.165, 1.54) is 32.1 Å². The van der Waals surface area contributed by atoms with E-state index in [1.807, 2.05) is 7.05 Å². The molecule has 0 aromatic heterocycles. The van der Waals surface area contributed by atoms with Gasteiger partial charge in [0.05, 0.1) is 11.7 Å². The number of hydrogen-bond acceptors (Lipinski definition) is 2. The molecular weight excluding hydrogens is 162 g/mol. The lowest BCUT2D eigenvalue weighted by atomic mass is 9.84. The van der Waals surface area contributed by atoms with Crippen molar-refractivity contribution in [1.29, 1.82) is 0 Å². The van der Waals surface area contributed by atoms with Gasteiger partial charge in [-0.15, -0.1) is 0 Å². The van der Waals surface area contributed by atoms with Crippen molar-refractivity contribution < 1.29 is 4.74 Å². The van der Waals surface area contributed by atoms with Gasteiger partial charge < -0.3 is 10.1 Å². The average Bonchev–Trinajstić information content (AvgIpc) is 2.04. The van der Waals surface area contributed by atoms with Crippen LogP contribution in [0.2, 0.25) is 0 Å². The molecule has 0 aliphatic heterocycles. The molecule has 0 bridgehead atoms. The zero-order valence-electron chi connectivity index (χ0n) is 9.23. The zero-order valence-corrected chi connectivity index (χ0v) is 9.23. The molecule has 1 fully saturated rings. The Hall–Kier alpha value is -0.0800. The summed E-state index contributed by atoms with van der Waals surface area (Å²) in [6.07, 6.45) is 6.85. The third-order valence-corrected chi connectivity index (χ3v) is 2.75. The number of ether oxygens (including phenoxy) is 1.